The van der Waals surface area contributed by atoms with E-state index in [1.807, 2.05) is 26.0 Å². The summed E-state index contributed by atoms with van der Waals surface area (Å²) in [5.74, 6) is -0.555. The number of pyridine rings is 1. The molecule has 2 fully saturated rings. The van der Waals surface area contributed by atoms with Crippen molar-refractivity contribution in [2.75, 3.05) is 71.4 Å². The van der Waals surface area contributed by atoms with Crippen LogP contribution >= 0.6 is 23.2 Å². The number of anilines is 1. The van der Waals surface area contributed by atoms with E-state index in [9.17, 15) is 23.1 Å². The number of carbonyl (C=O) groups is 2. The topological polar surface area (TPSA) is 146 Å². The molecule has 12 nitrogen and oxygen atoms in total. The Bertz CT molecular complexity index is 1850. The number of thiol groups is 1. The Morgan fingerprint density at radius 2 is 1.71 bits per heavy atom. The van der Waals surface area contributed by atoms with Crippen molar-refractivity contribution in [3.8, 4) is 0 Å². The van der Waals surface area contributed by atoms with Crippen molar-refractivity contribution in [3.05, 3.63) is 68.8 Å². The minimum Gasteiger partial charge on any atom is -0.383 e. The second-order valence-corrected chi connectivity index (χ2v) is 16.3. The highest BCUT2D eigenvalue weighted by atomic mass is 35.5. The number of para-hydroxylation sites is 1. The van der Waals surface area contributed by atoms with E-state index in [4.69, 9.17) is 33.7 Å². The molecule has 0 spiro atoms. The first-order chi connectivity index (χ1) is 24.1. The van der Waals surface area contributed by atoms with Gasteiger partial charge in [-0.1, -0.05) is 41.4 Å². The number of rotatable bonds is 11. The van der Waals surface area contributed by atoms with Gasteiger partial charge in [0.1, 0.15) is 11.6 Å². The summed E-state index contributed by atoms with van der Waals surface area (Å²) in [6, 6.07) is 9.71. The molecule has 3 N–H and O–H groups in total. The third kappa shape index (κ3) is 8.30. The first-order valence-electron chi connectivity index (χ1n) is 17.2. The van der Waals surface area contributed by atoms with Crippen LogP contribution in [0.3, 0.4) is 0 Å². The number of aromatic nitrogens is 1. The molecule has 3 heterocycles. The first kappa shape index (κ1) is 39.2. The van der Waals surface area contributed by atoms with Crippen LogP contribution in [-0.4, -0.2) is 123 Å². The summed E-state index contributed by atoms with van der Waals surface area (Å²) in [7, 11) is 2.84. The summed E-state index contributed by atoms with van der Waals surface area (Å²) < 4.78 is 34.1. The van der Waals surface area contributed by atoms with Gasteiger partial charge in [-0.3, -0.25) is 18.9 Å². The number of nitrogens with two attached hydrogens (primary N) is 1. The van der Waals surface area contributed by atoms with Crippen LogP contribution in [-0.2, 0) is 25.2 Å². The molecule has 51 heavy (non-hydrogen) atoms. The molecular weight excluding hydrogens is 715 g/mol. The SMILES string of the molecule is Cc1cc(C)c2cccc(C(O)c3c(Cl)ccc(N([SH](=O)=O)C4(C(=O)N5CCN(C(=O)[C@@H](N)CCC[N+](C)(C)C)CC5)CCOCC4)c3Cl)c2n1. The van der Waals surface area contributed by atoms with E-state index in [-0.39, 0.29) is 79.4 Å². The van der Waals surface area contributed by atoms with Crippen molar-refractivity contribution >= 4 is 62.5 Å². The van der Waals surface area contributed by atoms with E-state index in [1.54, 1.807) is 21.9 Å². The van der Waals surface area contributed by atoms with Crippen molar-refractivity contribution in [3.63, 3.8) is 0 Å². The molecule has 0 aliphatic carbocycles. The Balaban J connectivity index is 1.44. The maximum atomic E-state index is 14.6. The lowest BCUT2D eigenvalue weighted by molar-refractivity contribution is -0.870. The van der Waals surface area contributed by atoms with Gasteiger partial charge in [0, 0.05) is 79.5 Å². The van der Waals surface area contributed by atoms with E-state index in [2.05, 4.69) is 26.1 Å². The molecule has 0 bridgehead atoms. The van der Waals surface area contributed by atoms with E-state index in [1.165, 1.54) is 12.1 Å². The molecule has 2 aromatic carbocycles. The fraction of sp³-hybridized carbons (Fsp3) is 0.528. The van der Waals surface area contributed by atoms with Crippen LogP contribution in [0.15, 0.2) is 36.4 Å². The highest BCUT2D eigenvalue weighted by molar-refractivity contribution is 7.74. The Morgan fingerprint density at radius 3 is 2.33 bits per heavy atom. The second-order valence-electron chi connectivity index (χ2n) is 14.6. The van der Waals surface area contributed by atoms with E-state index in [0.717, 1.165) is 38.4 Å². The molecule has 15 heteroatoms. The normalized spacial score (nSPS) is 17.8. The lowest BCUT2D eigenvalue weighted by Crippen LogP contribution is -2.65. The molecule has 2 saturated heterocycles. The van der Waals surface area contributed by atoms with Gasteiger partial charge in [-0.2, -0.15) is 0 Å². The zero-order chi connectivity index (χ0) is 37.2. The number of benzene rings is 2. The number of hydrogen-bond donors (Lipinski definition) is 3. The van der Waals surface area contributed by atoms with Crippen LogP contribution in [0.1, 0.15) is 54.2 Å². The summed E-state index contributed by atoms with van der Waals surface area (Å²) in [6.45, 7) is 6.00. The number of halogens is 2. The third-order valence-corrected chi connectivity index (χ3v) is 11.6. The Kier molecular flexibility index (Phi) is 12.2. The standard InChI is InChI=1S/C36H49Cl2N6O6S/c1-23-22-24(2)40-32-25(23)8-6-9-26(32)33(45)30-27(37)11-12-29(31(30)38)43(51(48)49)36(13-20-50-21-14-36)35(47)42-17-15-41(16-18-42)34(46)28(39)10-7-19-44(3,4)5/h6,8-9,11-12,22,28,33,45,51H,7,10,13-21,39H2,1-5H3/q+1/t28-,33?/m0/s1. The summed E-state index contributed by atoms with van der Waals surface area (Å²) in [5.41, 5.74) is 7.62. The van der Waals surface area contributed by atoms with Crippen LogP contribution in [0, 0.1) is 13.8 Å². The largest absolute Gasteiger partial charge is 0.383 e. The third-order valence-electron chi connectivity index (χ3n) is 9.93. The van der Waals surface area contributed by atoms with E-state index in [0.29, 0.717) is 17.5 Å². The van der Waals surface area contributed by atoms with Crippen LogP contribution in [0.5, 0.6) is 0 Å². The smallest absolute Gasteiger partial charge is 0.249 e. The summed E-state index contributed by atoms with van der Waals surface area (Å²) in [5, 5.41) is 12.7. The number of aliphatic hydroxyl groups excluding tert-OH is 1. The monoisotopic (exact) mass is 763 g/mol. The van der Waals surface area contributed by atoms with Crippen LogP contribution in [0.4, 0.5) is 5.69 Å². The van der Waals surface area contributed by atoms with E-state index < -0.39 is 34.5 Å². The number of ether oxygens (including phenoxy) is 1. The number of nitrogens with zero attached hydrogens (tertiary/aromatic N) is 5. The minimum absolute atomic E-state index is 0.0238. The molecule has 278 valence electrons. The van der Waals surface area contributed by atoms with Crippen molar-refractivity contribution < 1.29 is 32.3 Å². The maximum absolute atomic E-state index is 14.6. The highest BCUT2D eigenvalue weighted by Gasteiger charge is 2.50. The number of carbonyl (C=O) groups excluding carboxylic acids is 2. The van der Waals surface area contributed by atoms with Crippen LogP contribution < -0.4 is 10.0 Å². The van der Waals surface area contributed by atoms with Crippen molar-refractivity contribution in [1.82, 2.24) is 14.8 Å². The summed E-state index contributed by atoms with van der Waals surface area (Å²) >= 11 is 13.7. The maximum Gasteiger partial charge on any atom is 0.249 e. The Hall–Kier alpha value is -3.04. The predicted molar refractivity (Wildman–Crippen MR) is 201 cm³/mol. The van der Waals surface area contributed by atoms with Gasteiger partial charge < -0.3 is 29.9 Å². The van der Waals surface area contributed by atoms with E-state index >= 15 is 0 Å². The molecule has 2 amide bonds. The Morgan fingerprint density at radius 1 is 1.06 bits per heavy atom. The molecule has 3 aromatic rings. The number of hydrogen-bond acceptors (Lipinski definition) is 8. The number of amides is 2. The molecule has 2 aliphatic rings. The average molecular weight is 765 g/mol. The number of quaternary nitrogens is 1. The fourth-order valence-corrected chi connectivity index (χ4v) is 8.88. The highest BCUT2D eigenvalue weighted by Crippen LogP contribution is 2.45. The van der Waals surface area contributed by atoms with Gasteiger partial charge in [-0.25, -0.2) is 8.42 Å². The summed E-state index contributed by atoms with van der Waals surface area (Å²) in [6.07, 6.45) is 0.172. The number of aliphatic hydroxyl groups is 1. The number of aryl methyl sites for hydroxylation is 2. The molecule has 2 atom stereocenters. The molecule has 0 radical (unpaired) electrons. The van der Waals surface area contributed by atoms with Gasteiger partial charge in [0.2, 0.25) is 22.7 Å². The van der Waals surface area contributed by atoms with Crippen molar-refractivity contribution in [2.24, 2.45) is 5.73 Å². The van der Waals surface area contributed by atoms with Gasteiger partial charge >= 0.3 is 0 Å². The van der Waals surface area contributed by atoms with Crippen molar-refractivity contribution in [2.45, 2.75) is 57.2 Å². The lowest BCUT2D eigenvalue weighted by atomic mass is 9.87. The van der Waals surface area contributed by atoms with Gasteiger partial charge in [-0.05, 0) is 50.5 Å². The fourth-order valence-electron chi connectivity index (χ4n) is 7.22. The first-order valence-corrected chi connectivity index (χ1v) is 19.1. The quantitative estimate of drug-likeness (QED) is 0.199. The molecule has 1 unspecified atom stereocenters. The molecule has 2 aliphatic heterocycles. The molecular formula is C36H49Cl2N6O6S+. The lowest BCUT2D eigenvalue weighted by Gasteiger charge is -2.47. The zero-order valence-corrected chi connectivity index (χ0v) is 32.3. The van der Waals surface area contributed by atoms with Gasteiger partial charge in [0.15, 0.2) is 0 Å². The summed E-state index contributed by atoms with van der Waals surface area (Å²) in [4.78, 5) is 35.7. The Labute approximate surface area is 311 Å². The number of fused-ring (bicyclic) bond motifs is 1. The average Bonchev–Trinajstić information content (AvgIpc) is 3.08. The minimum atomic E-state index is -3.43. The predicted octanol–water partition coefficient (Wildman–Crippen LogP) is 3.61. The van der Waals surface area contributed by atoms with Gasteiger partial charge in [-0.15, -0.1) is 0 Å². The van der Waals surface area contributed by atoms with Crippen LogP contribution in [0.25, 0.3) is 10.9 Å². The molecule has 0 saturated carbocycles. The van der Waals surface area contributed by atoms with Crippen LogP contribution in [0.2, 0.25) is 10.0 Å². The van der Waals surface area contributed by atoms with Gasteiger partial charge in [0.25, 0.3) is 0 Å². The number of piperazine rings is 1. The van der Waals surface area contributed by atoms with Gasteiger partial charge in [0.05, 0.1) is 50.0 Å². The molecule has 1 aromatic heterocycles. The van der Waals surface area contributed by atoms with Crippen molar-refractivity contribution in [1.29, 1.82) is 0 Å². The second kappa shape index (κ2) is 15.9. The zero-order valence-electron chi connectivity index (χ0n) is 29.9. The molecule has 5 rings (SSSR count).